The van der Waals surface area contributed by atoms with Crippen LogP contribution >= 0.6 is 0 Å². The molecule has 0 aliphatic carbocycles. The largest absolute Gasteiger partial charge is 0.488 e. The molecule has 2 atom stereocenters. The highest BCUT2D eigenvalue weighted by Crippen LogP contribution is 2.34. The van der Waals surface area contributed by atoms with Crippen LogP contribution in [0.2, 0.25) is 0 Å². The van der Waals surface area contributed by atoms with Crippen molar-refractivity contribution in [2.75, 3.05) is 0 Å². The number of ether oxygens (including phenoxy) is 3. The van der Waals surface area contributed by atoms with E-state index in [2.05, 4.69) is 0 Å². The summed E-state index contributed by atoms with van der Waals surface area (Å²) < 4.78 is 17.6. The van der Waals surface area contributed by atoms with E-state index in [0.717, 1.165) is 11.1 Å². The van der Waals surface area contributed by atoms with E-state index in [1.54, 1.807) is 18.2 Å². The average Bonchev–Trinajstić information content (AvgIpc) is 2.82. The van der Waals surface area contributed by atoms with Crippen LogP contribution in [0.1, 0.15) is 43.1 Å². The van der Waals surface area contributed by atoms with Crippen molar-refractivity contribution in [2.45, 2.75) is 46.0 Å². The summed E-state index contributed by atoms with van der Waals surface area (Å²) in [6.45, 7) is 5.35. The van der Waals surface area contributed by atoms with E-state index in [0.29, 0.717) is 23.5 Å². The van der Waals surface area contributed by atoms with E-state index in [4.69, 9.17) is 14.2 Å². The fourth-order valence-corrected chi connectivity index (χ4v) is 3.63. The third-order valence-corrected chi connectivity index (χ3v) is 5.23. The highest BCUT2D eigenvalue weighted by molar-refractivity contribution is 5.98. The highest BCUT2D eigenvalue weighted by Gasteiger charge is 2.22. The first-order chi connectivity index (χ1) is 15.9. The van der Waals surface area contributed by atoms with Crippen LogP contribution in [0, 0.1) is 0 Å². The van der Waals surface area contributed by atoms with Crippen LogP contribution in [0.3, 0.4) is 0 Å². The van der Waals surface area contributed by atoms with Gasteiger partial charge >= 0.3 is 11.9 Å². The van der Waals surface area contributed by atoms with E-state index in [9.17, 15) is 14.7 Å². The van der Waals surface area contributed by atoms with E-state index >= 15 is 0 Å². The molecule has 2 unspecified atom stereocenters. The van der Waals surface area contributed by atoms with Gasteiger partial charge in [-0.05, 0) is 37.1 Å². The molecule has 6 nitrogen and oxygen atoms in total. The number of carbonyl (C=O) groups excluding carboxylic acids is 1. The first kappa shape index (κ1) is 23.9. The minimum absolute atomic E-state index is 0.170. The fraction of sp³-hybridized carbons (Fsp3) is 0.259. The SMILES string of the molecule is CCC(OC(C)=O)C(C)Oc1ccccc1COc1cccc(C(=O)O)c1-c1ccccc1. The van der Waals surface area contributed by atoms with Crippen LogP contribution in [-0.2, 0) is 16.1 Å². The van der Waals surface area contributed by atoms with Gasteiger partial charge in [-0.3, -0.25) is 4.79 Å². The Balaban J connectivity index is 1.85. The number of carboxylic acid groups (broad SMARTS) is 1. The number of rotatable bonds is 10. The molecule has 3 rings (SSSR count). The number of aromatic carboxylic acids is 1. The van der Waals surface area contributed by atoms with Crippen LogP contribution in [0.15, 0.2) is 72.8 Å². The topological polar surface area (TPSA) is 82.1 Å². The maximum Gasteiger partial charge on any atom is 0.336 e. The molecule has 0 fully saturated rings. The molecule has 0 aromatic heterocycles. The summed E-state index contributed by atoms with van der Waals surface area (Å²) in [5, 5.41) is 9.71. The molecule has 0 saturated heterocycles. The second kappa shape index (κ2) is 11.2. The Hall–Kier alpha value is -3.80. The van der Waals surface area contributed by atoms with Crippen LogP contribution in [0.25, 0.3) is 11.1 Å². The van der Waals surface area contributed by atoms with Gasteiger partial charge in [-0.15, -0.1) is 0 Å². The molecule has 0 saturated carbocycles. The molecule has 3 aromatic carbocycles. The van der Waals surface area contributed by atoms with Gasteiger partial charge in [0, 0.05) is 18.1 Å². The van der Waals surface area contributed by atoms with Crippen molar-refractivity contribution >= 4 is 11.9 Å². The molecule has 3 aromatic rings. The Bertz CT molecular complexity index is 1090. The standard InChI is InChI=1S/C27H28O6/c1-4-23(33-19(3)28)18(2)32-24-15-9-8-13-21(24)17-31-25-16-10-14-22(27(29)30)26(25)20-11-6-5-7-12-20/h5-16,18,23H,4,17H2,1-3H3,(H,29,30). The molecule has 0 amide bonds. The van der Waals surface area contributed by atoms with Crippen molar-refractivity contribution in [2.24, 2.45) is 0 Å². The van der Waals surface area contributed by atoms with Crippen LogP contribution in [-0.4, -0.2) is 29.3 Å². The van der Waals surface area contributed by atoms with Crippen LogP contribution < -0.4 is 9.47 Å². The molecule has 0 heterocycles. The van der Waals surface area contributed by atoms with Crippen molar-refractivity contribution in [1.82, 2.24) is 0 Å². The molecule has 0 spiro atoms. The third kappa shape index (κ3) is 6.13. The Morgan fingerprint density at radius 1 is 0.909 bits per heavy atom. The maximum atomic E-state index is 11.9. The van der Waals surface area contributed by atoms with Crippen molar-refractivity contribution in [3.8, 4) is 22.6 Å². The summed E-state index contributed by atoms with van der Waals surface area (Å²) in [4.78, 5) is 23.2. The molecule has 0 bridgehead atoms. The van der Waals surface area contributed by atoms with Crippen LogP contribution in [0.4, 0.5) is 0 Å². The Morgan fingerprint density at radius 2 is 1.58 bits per heavy atom. The first-order valence-electron chi connectivity index (χ1n) is 10.9. The zero-order valence-electron chi connectivity index (χ0n) is 19.0. The molecule has 33 heavy (non-hydrogen) atoms. The van der Waals surface area contributed by atoms with E-state index in [1.165, 1.54) is 6.92 Å². The molecule has 1 N–H and O–H groups in total. The second-order valence-electron chi connectivity index (χ2n) is 7.63. The monoisotopic (exact) mass is 448 g/mol. The molecule has 172 valence electrons. The van der Waals surface area contributed by atoms with Crippen molar-refractivity contribution in [1.29, 1.82) is 0 Å². The summed E-state index contributed by atoms with van der Waals surface area (Å²) in [5.74, 6) is -0.282. The zero-order chi connectivity index (χ0) is 23.8. The lowest BCUT2D eigenvalue weighted by atomic mass is 9.98. The third-order valence-electron chi connectivity index (χ3n) is 5.23. The van der Waals surface area contributed by atoms with Gasteiger partial charge in [0.2, 0.25) is 0 Å². The number of carbonyl (C=O) groups is 2. The number of hydrogen-bond acceptors (Lipinski definition) is 5. The normalized spacial score (nSPS) is 12.5. The average molecular weight is 449 g/mol. The Kier molecular flexibility index (Phi) is 8.08. The molecule has 0 radical (unpaired) electrons. The van der Waals surface area contributed by atoms with Gasteiger partial charge in [0.15, 0.2) is 0 Å². The number of benzene rings is 3. The maximum absolute atomic E-state index is 11.9. The lowest BCUT2D eigenvalue weighted by Crippen LogP contribution is -2.32. The lowest BCUT2D eigenvalue weighted by Gasteiger charge is -2.24. The van der Waals surface area contributed by atoms with E-state index in [1.807, 2.05) is 68.4 Å². The molecular formula is C27H28O6. The summed E-state index contributed by atoms with van der Waals surface area (Å²) in [5.41, 5.74) is 2.25. The first-order valence-corrected chi connectivity index (χ1v) is 10.9. The summed E-state index contributed by atoms with van der Waals surface area (Å²) in [6.07, 6.45) is -0.0920. The van der Waals surface area contributed by atoms with Gasteiger partial charge in [-0.25, -0.2) is 4.79 Å². The van der Waals surface area contributed by atoms with Gasteiger partial charge in [0.05, 0.1) is 5.56 Å². The second-order valence-corrected chi connectivity index (χ2v) is 7.63. The Morgan fingerprint density at radius 3 is 2.24 bits per heavy atom. The number of para-hydroxylation sites is 1. The van der Waals surface area contributed by atoms with Crippen molar-refractivity contribution < 1.29 is 28.9 Å². The zero-order valence-corrected chi connectivity index (χ0v) is 19.0. The van der Waals surface area contributed by atoms with E-state index in [-0.39, 0.29) is 30.3 Å². The van der Waals surface area contributed by atoms with Gasteiger partial charge in [0.25, 0.3) is 0 Å². The van der Waals surface area contributed by atoms with Crippen molar-refractivity contribution in [3.05, 3.63) is 83.9 Å². The minimum Gasteiger partial charge on any atom is -0.488 e. The number of carboxylic acids is 1. The van der Waals surface area contributed by atoms with Gasteiger partial charge in [-0.2, -0.15) is 0 Å². The van der Waals surface area contributed by atoms with Gasteiger partial charge in [-0.1, -0.05) is 61.5 Å². The molecule has 0 aliphatic heterocycles. The smallest absolute Gasteiger partial charge is 0.336 e. The molecular weight excluding hydrogens is 420 g/mol. The number of hydrogen-bond donors (Lipinski definition) is 1. The molecule has 6 heteroatoms. The van der Waals surface area contributed by atoms with E-state index < -0.39 is 5.97 Å². The van der Waals surface area contributed by atoms with Crippen molar-refractivity contribution in [3.63, 3.8) is 0 Å². The quantitative estimate of drug-likeness (QED) is 0.398. The minimum atomic E-state index is -1.02. The lowest BCUT2D eigenvalue weighted by molar-refractivity contribution is -0.150. The molecule has 0 aliphatic rings. The number of esters is 1. The summed E-state index contributed by atoms with van der Waals surface area (Å²) in [7, 11) is 0. The summed E-state index contributed by atoms with van der Waals surface area (Å²) in [6, 6.07) is 21.8. The highest BCUT2D eigenvalue weighted by atomic mass is 16.6. The fourth-order valence-electron chi connectivity index (χ4n) is 3.63. The predicted octanol–water partition coefficient (Wildman–Crippen LogP) is 5.74. The van der Waals surface area contributed by atoms with Gasteiger partial charge in [0.1, 0.15) is 30.3 Å². The van der Waals surface area contributed by atoms with Gasteiger partial charge < -0.3 is 19.3 Å². The summed E-state index contributed by atoms with van der Waals surface area (Å²) >= 11 is 0. The Labute approximate surface area is 193 Å². The van der Waals surface area contributed by atoms with Crippen LogP contribution in [0.5, 0.6) is 11.5 Å². The predicted molar refractivity (Wildman–Crippen MR) is 126 cm³/mol.